The van der Waals surface area contributed by atoms with Crippen molar-refractivity contribution in [2.24, 2.45) is 0 Å². The zero-order valence-electron chi connectivity index (χ0n) is 18.1. The number of rotatable bonds is 8. The summed E-state index contributed by atoms with van der Waals surface area (Å²) < 4.78 is 11.4. The van der Waals surface area contributed by atoms with E-state index in [4.69, 9.17) is 14.6 Å². The summed E-state index contributed by atoms with van der Waals surface area (Å²) in [6.07, 6.45) is 1.61. The van der Waals surface area contributed by atoms with Crippen molar-refractivity contribution in [3.63, 3.8) is 0 Å². The quantitative estimate of drug-likeness (QED) is 0.365. The second-order valence-corrected chi connectivity index (χ2v) is 9.20. The van der Waals surface area contributed by atoms with Crippen LogP contribution in [0.4, 0.5) is 4.79 Å². The maximum Gasteiger partial charge on any atom is 0.341 e. The van der Waals surface area contributed by atoms with Gasteiger partial charge in [-0.05, 0) is 74.7 Å². The normalized spacial score (nSPS) is 14.8. The largest absolute Gasteiger partial charge is 0.490 e. The summed E-state index contributed by atoms with van der Waals surface area (Å²) in [6.45, 7) is 1.78. The van der Waals surface area contributed by atoms with E-state index in [0.717, 1.165) is 28.1 Å². The van der Waals surface area contributed by atoms with Gasteiger partial charge in [-0.2, -0.15) is 0 Å². The van der Waals surface area contributed by atoms with Gasteiger partial charge in [-0.1, -0.05) is 42.5 Å². The Kier molecular flexibility index (Phi) is 7.23. The molecule has 3 aromatic carbocycles. The van der Waals surface area contributed by atoms with Crippen molar-refractivity contribution >= 4 is 61.7 Å². The highest BCUT2D eigenvalue weighted by molar-refractivity contribution is 9.10. The molecule has 0 unspecified atom stereocenters. The number of hydrogen-bond donors (Lipinski definition) is 1. The maximum absolute atomic E-state index is 13.1. The predicted octanol–water partition coefficient (Wildman–Crippen LogP) is 5.70. The number of hydrogen-bond acceptors (Lipinski definition) is 6. The average Bonchev–Trinajstić information content (AvgIpc) is 3.06. The van der Waals surface area contributed by atoms with Crippen LogP contribution in [0.2, 0.25) is 0 Å². The molecule has 0 spiro atoms. The number of imide groups is 1. The lowest BCUT2D eigenvalue weighted by Crippen LogP contribution is -2.27. The summed E-state index contributed by atoms with van der Waals surface area (Å²) in [5.74, 6) is -0.897. The Bertz CT molecular complexity index is 1320. The zero-order valence-corrected chi connectivity index (χ0v) is 20.5. The third-order valence-corrected chi connectivity index (χ3v) is 6.55. The molecule has 0 atom stereocenters. The third-order valence-electron chi connectivity index (χ3n) is 5.05. The zero-order chi connectivity index (χ0) is 24.2. The number of ether oxygens (including phenoxy) is 2. The maximum atomic E-state index is 13.1. The number of aliphatic carboxylic acids is 1. The second kappa shape index (κ2) is 10.3. The summed E-state index contributed by atoms with van der Waals surface area (Å²) in [5.41, 5.74) is 1.50. The molecular weight excluding hydrogens is 522 g/mol. The monoisotopic (exact) mass is 541 g/mol. The van der Waals surface area contributed by atoms with Gasteiger partial charge in [-0.3, -0.25) is 14.5 Å². The van der Waals surface area contributed by atoms with Crippen LogP contribution in [0.25, 0.3) is 16.8 Å². The van der Waals surface area contributed by atoms with Gasteiger partial charge in [0, 0.05) is 0 Å². The molecule has 0 saturated carbocycles. The van der Waals surface area contributed by atoms with Crippen molar-refractivity contribution in [3.05, 3.63) is 75.1 Å². The Morgan fingerprint density at radius 2 is 1.88 bits per heavy atom. The van der Waals surface area contributed by atoms with Crippen molar-refractivity contribution in [1.29, 1.82) is 0 Å². The minimum absolute atomic E-state index is 0.180. The number of benzene rings is 3. The highest BCUT2D eigenvalue weighted by Gasteiger charge is 2.35. The SMILES string of the molecule is CCOc1cc(/C=C2/SC(=O)N(Cc3cccc4ccccc34)C2=O)cc(Br)c1OCC(=O)O. The molecule has 34 heavy (non-hydrogen) atoms. The summed E-state index contributed by atoms with van der Waals surface area (Å²) in [5, 5.41) is 10.6. The van der Waals surface area contributed by atoms with Crippen molar-refractivity contribution in [2.75, 3.05) is 13.2 Å². The molecule has 7 nitrogen and oxygen atoms in total. The summed E-state index contributed by atoms with van der Waals surface area (Å²) in [4.78, 5) is 38.2. The molecule has 0 bridgehead atoms. The van der Waals surface area contributed by atoms with Gasteiger partial charge in [0.1, 0.15) is 0 Å². The number of halogens is 1. The minimum atomic E-state index is -1.11. The molecule has 1 aliphatic rings. The average molecular weight is 542 g/mol. The fraction of sp³-hybridized carbons (Fsp3) is 0.160. The van der Waals surface area contributed by atoms with Crippen molar-refractivity contribution in [3.8, 4) is 11.5 Å². The van der Waals surface area contributed by atoms with Crippen LogP contribution in [0, 0.1) is 0 Å². The first-order valence-electron chi connectivity index (χ1n) is 10.4. The first kappa shape index (κ1) is 23.8. The lowest BCUT2D eigenvalue weighted by molar-refractivity contribution is -0.139. The molecule has 174 valence electrons. The van der Waals surface area contributed by atoms with E-state index in [1.54, 1.807) is 25.1 Å². The van der Waals surface area contributed by atoms with E-state index < -0.39 is 12.6 Å². The van der Waals surface area contributed by atoms with Gasteiger partial charge in [-0.15, -0.1) is 0 Å². The molecule has 9 heteroatoms. The fourth-order valence-corrected chi connectivity index (χ4v) is 5.01. The Labute approximate surface area is 208 Å². The van der Waals surface area contributed by atoms with Crippen LogP contribution < -0.4 is 9.47 Å². The van der Waals surface area contributed by atoms with Crippen molar-refractivity contribution in [1.82, 2.24) is 4.90 Å². The van der Waals surface area contributed by atoms with Crippen molar-refractivity contribution < 1.29 is 29.0 Å². The number of fused-ring (bicyclic) bond motifs is 1. The highest BCUT2D eigenvalue weighted by Crippen LogP contribution is 2.39. The molecule has 0 radical (unpaired) electrons. The van der Waals surface area contributed by atoms with Gasteiger partial charge in [0.05, 0.1) is 22.5 Å². The molecule has 1 saturated heterocycles. The number of carbonyl (C=O) groups is 3. The molecule has 1 aliphatic heterocycles. The van der Waals surface area contributed by atoms with Crippen LogP contribution in [0.3, 0.4) is 0 Å². The first-order chi connectivity index (χ1) is 16.4. The van der Waals surface area contributed by atoms with Crippen LogP contribution in [0.1, 0.15) is 18.1 Å². The first-order valence-corrected chi connectivity index (χ1v) is 12.0. The molecule has 1 N–H and O–H groups in total. The molecule has 0 aromatic heterocycles. The van der Waals surface area contributed by atoms with Gasteiger partial charge in [0.2, 0.25) is 0 Å². The lowest BCUT2D eigenvalue weighted by atomic mass is 10.0. The predicted molar refractivity (Wildman–Crippen MR) is 134 cm³/mol. The van der Waals surface area contributed by atoms with Crippen LogP contribution in [-0.4, -0.2) is 40.3 Å². The number of thioether (sulfide) groups is 1. The number of amides is 2. The molecule has 1 fully saturated rings. The van der Waals surface area contributed by atoms with Gasteiger partial charge < -0.3 is 14.6 Å². The number of carboxylic acid groups (broad SMARTS) is 1. The standard InChI is InChI=1S/C25H20BrNO6S/c1-2-32-20-11-15(10-19(26)23(20)33-14-22(28)29)12-21-24(30)27(25(31)34-21)13-17-8-5-7-16-6-3-4-9-18(16)17/h3-12H,2,13-14H2,1H3,(H,28,29)/b21-12+. The molecule has 4 rings (SSSR count). The molecule has 1 heterocycles. The third kappa shape index (κ3) is 5.10. The molecule has 3 aromatic rings. The second-order valence-electron chi connectivity index (χ2n) is 7.35. The highest BCUT2D eigenvalue weighted by atomic mass is 79.9. The van der Waals surface area contributed by atoms with Crippen LogP contribution in [0.15, 0.2) is 64.0 Å². The number of nitrogens with zero attached hydrogens (tertiary/aromatic N) is 1. The van der Waals surface area contributed by atoms with E-state index in [0.29, 0.717) is 27.3 Å². The lowest BCUT2D eigenvalue weighted by Gasteiger charge is -2.14. The van der Waals surface area contributed by atoms with Gasteiger partial charge >= 0.3 is 5.97 Å². The fourth-order valence-electron chi connectivity index (χ4n) is 3.60. The summed E-state index contributed by atoms with van der Waals surface area (Å²) in [6, 6.07) is 17.0. The van der Waals surface area contributed by atoms with Gasteiger partial charge in [-0.25, -0.2) is 4.79 Å². The molecule has 2 amide bonds. The van der Waals surface area contributed by atoms with Gasteiger partial charge in [0.25, 0.3) is 11.1 Å². The topological polar surface area (TPSA) is 93.1 Å². The van der Waals surface area contributed by atoms with Crippen LogP contribution in [-0.2, 0) is 16.1 Å². The number of carbonyl (C=O) groups excluding carboxylic acids is 2. The molecular formula is C25H20BrNO6S. The molecule has 0 aliphatic carbocycles. The van der Waals surface area contributed by atoms with E-state index in [9.17, 15) is 14.4 Å². The Hall–Kier alpha value is -3.30. The Morgan fingerprint density at radius 3 is 2.65 bits per heavy atom. The van der Waals surface area contributed by atoms with E-state index in [-0.39, 0.29) is 23.4 Å². The van der Waals surface area contributed by atoms with Crippen LogP contribution >= 0.6 is 27.7 Å². The summed E-state index contributed by atoms with van der Waals surface area (Å²) >= 11 is 4.26. The smallest absolute Gasteiger partial charge is 0.341 e. The Morgan fingerprint density at radius 1 is 1.12 bits per heavy atom. The number of carboxylic acids is 1. The van der Waals surface area contributed by atoms with Gasteiger partial charge in [0.15, 0.2) is 18.1 Å². The van der Waals surface area contributed by atoms with E-state index in [2.05, 4.69) is 15.9 Å². The van der Waals surface area contributed by atoms with E-state index >= 15 is 0 Å². The Balaban J connectivity index is 1.61. The van der Waals surface area contributed by atoms with E-state index in [1.165, 1.54) is 4.90 Å². The van der Waals surface area contributed by atoms with Crippen molar-refractivity contribution in [2.45, 2.75) is 13.5 Å². The van der Waals surface area contributed by atoms with E-state index in [1.807, 2.05) is 42.5 Å². The summed E-state index contributed by atoms with van der Waals surface area (Å²) in [7, 11) is 0. The van der Waals surface area contributed by atoms with Crippen LogP contribution in [0.5, 0.6) is 11.5 Å². The minimum Gasteiger partial charge on any atom is -0.490 e.